The highest BCUT2D eigenvalue weighted by molar-refractivity contribution is 7.52. The summed E-state index contributed by atoms with van der Waals surface area (Å²) in [6.07, 6.45) is -2.70. The molecule has 1 aliphatic heterocycles. The third-order valence-corrected chi connectivity index (χ3v) is 8.34. The number of rotatable bonds is 10. The molecule has 2 aromatic heterocycles. The SMILES string of the molecule is COc1nc(N)nc2c1ncn2[C@@H]1O[C@H](COP(=O)(NC(C)C(=O)O)Oc2cccc3ccccc23)[C@@H](O)[C@@]1(C)O. The van der Waals surface area contributed by atoms with E-state index >= 15 is 0 Å². The van der Waals surface area contributed by atoms with Gasteiger partial charge in [-0.05, 0) is 25.3 Å². The lowest BCUT2D eigenvalue weighted by molar-refractivity contribution is -0.138. The predicted molar refractivity (Wildman–Crippen MR) is 145 cm³/mol. The average Bonchev–Trinajstić information content (AvgIpc) is 3.44. The number of carboxylic acid groups (broad SMARTS) is 1. The normalized spacial score (nSPS) is 24.8. The smallest absolute Gasteiger partial charge is 0.459 e. The topological polar surface area (TPSA) is 213 Å². The highest BCUT2D eigenvalue weighted by atomic mass is 31.2. The van der Waals surface area contributed by atoms with E-state index in [0.717, 1.165) is 5.39 Å². The van der Waals surface area contributed by atoms with Gasteiger partial charge in [0.15, 0.2) is 17.4 Å². The summed E-state index contributed by atoms with van der Waals surface area (Å²) >= 11 is 0. The molecule has 16 heteroatoms. The van der Waals surface area contributed by atoms with E-state index in [0.29, 0.717) is 5.39 Å². The molecule has 3 heterocycles. The summed E-state index contributed by atoms with van der Waals surface area (Å²) in [6, 6.07) is 11.0. The first-order chi connectivity index (χ1) is 19.4. The first-order valence-electron chi connectivity index (χ1n) is 12.5. The number of aromatic nitrogens is 4. The molecule has 1 fully saturated rings. The van der Waals surface area contributed by atoms with Gasteiger partial charge in [0, 0.05) is 5.39 Å². The molecule has 5 rings (SSSR count). The van der Waals surface area contributed by atoms with E-state index in [-0.39, 0.29) is 28.7 Å². The van der Waals surface area contributed by atoms with E-state index in [1.165, 1.54) is 31.9 Å². The number of nitrogens with zero attached hydrogens (tertiary/aromatic N) is 4. The Morgan fingerprint density at radius 1 is 1.27 bits per heavy atom. The second-order valence-corrected chi connectivity index (χ2v) is 11.4. The van der Waals surface area contributed by atoms with Crippen LogP contribution >= 0.6 is 7.75 Å². The van der Waals surface area contributed by atoms with E-state index in [1.54, 1.807) is 24.3 Å². The molecule has 0 amide bonds. The maximum Gasteiger partial charge on any atom is 0.459 e. The fourth-order valence-corrected chi connectivity index (χ4v) is 6.08. The van der Waals surface area contributed by atoms with Crippen molar-refractivity contribution in [1.82, 2.24) is 24.6 Å². The van der Waals surface area contributed by atoms with Gasteiger partial charge < -0.3 is 35.1 Å². The van der Waals surface area contributed by atoms with Gasteiger partial charge in [-0.1, -0.05) is 36.4 Å². The molecule has 1 aliphatic rings. The second-order valence-electron chi connectivity index (χ2n) is 9.66. The lowest BCUT2D eigenvalue weighted by Gasteiger charge is -2.27. The Hall–Kier alpha value is -3.85. The minimum Gasteiger partial charge on any atom is -0.480 e. The van der Waals surface area contributed by atoms with E-state index in [9.17, 15) is 24.7 Å². The number of nitrogens with two attached hydrogens (primary N) is 1. The van der Waals surface area contributed by atoms with Gasteiger partial charge in [-0.3, -0.25) is 13.9 Å². The Kier molecular flexibility index (Phi) is 7.59. The zero-order chi connectivity index (χ0) is 29.5. The molecule has 0 saturated carbocycles. The van der Waals surface area contributed by atoms with Crippen LogP contribution in [-0.4, -0.2) is 78.4 Å². The predicted octanol–water partition coefficient (Wildman–Crippen LogP) is 1.85. The molecule has 41 heavy (non-hydrogen) atoms. The summed E-state index contributed by atoms with van der Waals surface area (Å²) in [5.41, 5.74) is 4.31. The van der Waals surface area contributed by atoms with Crippen LogP contribution in [0.15, 0.2) is 48.8 Å². The van der Waals surface area contributed by atoms with Gasteiger partial charge in [0.25, 0.3) is 0 Å². The maximum absolute atomic E-state index is 13.9. The Balaban J connectivity index is 1.42. The fraction of sp³-hybridized carbons (Fsp3) is 0.360. The number of nitrogen functional groups attached to an aromatic ring is 1. The van der Waals surface area contributed by atoms with Crippen molar-refractivity contribution in [3.8, 4) is 11.6 Å². The molecule has 2 aromatic carbocycles. The zero-order valence-corrected chi connectivity index (χ0v) is 23.1. The third kappa shape index (κ3) is 5.43. The Bertz CT molecular complexity index is 1640. The van der Waals surface area contributed by atoms with Crippen molar-refractivity contribution in [3.63, 3.8) is 0 Å². The number of benzene rings is 2. The number of carbonyl (C=O) groups is 1. The van der Waals surface area contributed by atoms with Crippen LogP contribution in [0.1, 0.15) is 20.1 Å². The summed E-state index contributed by atoms with van der Waals surface area (Å²) in [6.45, 7) is 2.06. The van der Waals surface area contributed by atoms with Crippen molar-refractivity contribution in [1.29, 1.82) is 0 Å². The minimum absolute atomic E-state index is 0.106. The van der Waals surface area contributed by atoms with Crippen LogP contribution in [0.25, 0.3) is 21.9 Å². The number of methoxy groups -OCH3 is 1. The van der Waals surface area contributed by atoms with Crippen molar-refractivity contribution >= 4 is 41.6 Å². The second kappa shape index (κ2) is 10.9. The lowest BCUT2D eigenvalue weighted by atomic mass is 9.96. The van der Waals surface area contributed by atoms with Gasteiger partial charge in [0.2, 0.25) is 11.8 Å². The van der Waals surface area contributed by atoms with E-state index in [2.05, 4.69) is 20.0 Å². The maximum atomic E-state index is 13.9. The Morgan fingerprint density at radius 3 is 2.73 bits per heavy atom. The number of fused-ring (bicyclic) bond motifs is 2. The average molecular weight is 589 g/mol. The quantitative estimate of drug-likeness (QED) is 0.167. The molecule has 2 unspecified atom stereocenters. The van der Waals surface area contributed by atoms with Crippen molar-refractivity contribution in [2.24, 2.45) is 0 Å². The molecule has 0 bridgehead atoms. The van der Waals surface area contributed by atoms with Crippen LogP contribution < -0.4 is 20.1 Å². The molecule has 6 N–H and O–H groups in total. The minimum atomic E-state index is -4.39. The molecule has 15 nitrogen and oxygen atoms in total. The first-order valence-corrected chi connectivity index (χ1v) is 14.0. The number of imidazole rings is 1. The Morgan fingerprint density at radius 2 is 2.00 bits per heavy atom. The third-order valence-electron chi connectivity index (χ3n) is 6.71. The number of hydrogen-bond donors (Lipinski definition) is 5. The molecular formula is C25H29N6O9P. The summed E-state index contributed by atoms with van der Waals surface area (Å²) in [7, 11) is -3.00. The highest BCUT2D eigenvalue weighted by Gasteiger charge is 2.54. The van der Waals surface area contributed by atoms with Gasteiger partial charge in [-0.25, -0.2) is 9.55 Å². The number of carboxylic acids is 1. The molecule has 0 spiro atoms. The standard InChI is InChI=1S/C25H29N6O9P/c1-13(22(33)34)30-41(36,40-16-10-6-8-14-7-4-5-9-15(14)16)38-11-17-19(32)25(2,35)23(39-17)31-12-27-18-20(31)28-24(26)29-21(18)37-3/h4-10,12-13,17,19,23,32,35H,11H2,1-3H3,(H,30,36)(H,33,34)(H2,26,28,29)/t13?,17-,19-,23-,25-,41?/m1/s1. The highest BCUT2D eigenvalue weighted by Crippen LogP contribution is 2.48. The molecule has 218 valence electrons. The number of hydrogen-bond acceptors (Lipinski definition) is 12. The zero-order valence-electron chi connectivity index (χ0n) is 22.2. The van der Waals surface area contributed by atoms with Gasteiger partial charge in [0.1, 0.15) is 29.6 Å². The van der Waals surface area contributed by atoms with Gasteiger partial charge in [-0.15, -0.1) is 0 Å². The van der Waals surface area contributed by atoms with Gasteiger partial charge in [0.05, 0.1) is 20.0 Å². The molecular weight excluding hydrogens is 559 g/mol. The largest absolute Gasteiger partial charge is 0.480 e. The van der Waals surface area contributed by atoms with Gasteiger partial charge in [-0.2, -0.15) is 15.1 Å². The summed E-state index contributed by atoms with van der Waals surface area (Å²) in [4.78, 5) is 23.9. The van der Waals surface area contributed by atoms with Crippen LogP contribution in [0.4, 0.5) is 5.95 Å². The van der Waals surface area contributed by atoms with Crippen LogP contribution in [0, 0.1) is 0 Å². The monoisotopic (exact) mass is 588 g/mol. The lowest BCUT2D eigenvalue weighted by Crippen LogP contribution is -2.44. The van der Waals surface area contributed by atoms with Crippen molar-refractivity contribution < 1.29 is 43.2 Å². The van der Waals surface area contributed by atoms with Crippen LogP contribution in [0.5, 0.6) is 11.6 Å². The summed E-state index contributed by atoms with van der Waals surface area (Å²) in [5.74, 6) is -1.11. The number of nitrogens with one attached hydrogen (secondary N) is 1. The van der Waals surface area contributed by atoms with Crippen molar-refractivity contribution in [3.05, 3.63) is 48.8 Å². The van der Waals surface area contributed by atoms with E-state index < -0.39 is 50.4 Å². The van der Waals surface area contributed by atoms with Crippen LogP contribution in [0.2, 0.25) is 0 Å². The first kappa shape index (κ1) is 28.7. The number of anilines is 1. The molecule has 0 aliphatic carbocycles. The number of aliphatic hydroxyl groups excluding tert-OH is 1. The molecule has 0 radical (unpaired) electrons. The van der Waals surface area contributed by atoms with Gasteiger partial charge >= 0.3 is 13.7 Å². The van der Waals surface area contributed by atoms with Crippen molar-refractivity contribution in [2.45, 2.75) is 43.9 Å². The fourth-order valence-electron chi connectivity index (χ4n) is 4.56. The van der Waals surface area contributed by atoms with E-state index in [1.807, 2.05) is 18.2 Å². The molecule has 1 saturated heterocycles. The van der Waals surface area contributed by atoms with Crippen LogP contribution in [0.3, 0.4) is 0 Å². The van der Waals surface area contributed by atoms with Crippen molar-refractivity contribution in [2.75, 3.05) is 19.5 Å². The van der Waals surface area contributed by atoms with E-state index in [4.69, 9.17) is 24.3 Å². The summed E-state index contributed by atoms with van der Waals surface area (Å²) in [5, 5.41) is 35.5. The summed E-state index contributed by atoms with van der Waals surface area (Å²) < 4.78 is 37.8. The Labute approximate surface area is 233 Å². The van der Waals surface area contributed by atoms with Crippen LogP contribution in [-0.2, 0) is 18.6 Å². The number of aliphatic carboxylic acids is 1. The molecule has 6 atom stereocenters. The number of aliphatic hydroxyl groups is 2. The molecule has 4 aromatic rings. The number of ether oxygens (including phenoxy) is 2.